The van der Waals surface area contributed by atoms with Gasteiger partial charge in [-0.05, 0) is 99.2 Å². The average Bonchev–Trinajstić information content (AvgIpc) is 3.71. The van der Waals surface area contributed by atoms with Crippen molar-refractivity contribution in [1.29, 1.82) is 0 Å². The molecule has 2 aromatic carbocycles. The minimum Gasteiger partial charge on any atom is -0.752 e. The molecule has 2 fully saturated rings. The SMILES string of the molecule is COc1ccc2c(c1)/C(=N\N=C(/[S-])SC)C(=O)N2CCN1CCN(C(=O)OC(C)(C)C)CC1.COc1ccc2c(c1)/C(=N\N=C(/[S-])SC)C(=O)N2CCN1CCN(C(=O)OC(C)(C)C)CC1.[Pt+2]. The van der Waals surface area contributed by atoms with Crippen molar-refractivity contribution in [3.05, 3.63) is 47.5 Å². The van der Waals surface area contributed by atoms with E-state index in [4.69, 9.17) is 44.2 Å². The minimum absolute atomic E-state index is 0. The Morgan fingerprint density at radius 1 is 0.597 bits per heavy atom. The van der Waals surface area contributed by atoms with Crippen LogP contribution in [0.1, 0.15) is 52.7 Å². The van der Waals surface area contributed by atoms with Crippen molar-refractivity contribution in [3.8, 4) is 11.5 Å². The van der Waals surface area contributed by atoms with Gasteiger partial charge >= 0.3 is 33.3 Å². The van der Waals surface area contributed by atoms with E-state index in [1.54, 1.807) is 46.0 Å². The number of carbonyl (C=O) groups is 4. The fraction of sp³-hybridized carbons (Fsp3) is 0.545. The number of thioether (sulfide) groups is 2. The Balaban J connectivity index is 0.000000288. The Hall–Kier alpha value is -4.05. The third-order valence-corrected chi connectivity index (χ3v) is 12.6. The van der Waals surface area contributed by atoms with Crippen LogP contribution in [0.3, 0.4) is 0 Å². The molecule has 4 amide bonds. The summed E-state index contributed by atoms with van der Waals surface area (Å²) in [5.41, 5.74) is 2.42. The molecule has 0 aromatic heterocycles. The third kappa shape index (κ3) is 15.5. The number of methoxy groups -OCH3 is 2. The Labute approximate surface area is 427 Å². The van der Waals surface area contributed by atoms with E-state index >= 15 is 0 Å². The first-order valence-electron chi connectivity index (χ1n) is 21.4. The van der Waals surface area contributed by atoms with Gasteiger partial charge in [0.1, 0.15) is 22.7 Å². The van der Waals surface area contributed by atoms with E-state index < -0.39 is 11.2 Å². The molecule has 2 saturated heterocycles. The van der Waals surface area contributed by atoms with Crippen LogP contribution in [0, 0.1) is 0 Å². The molecular formula is C44H60N10O8PtS4. The van der Waals surface area contributed by atoms with Gasteiger partial charge in [0.2, 0.25) is 0 Å². The van der Waals surface area contributed by atoms with E-state index in [-0.39, 0.29) is 56.5 Å². The zero-order valence-corrected chi connectivity index (χ0v) is 45.2. The third-order valence-electron chi connectivity index (χ3n) is 10.5. The number of nitrogens with zero attached hydrogens (tertiary/aromatic N) is 10. The van der Waals surface area contributed by atoms with Crippen LogP contribution in [0.25, 0.3) is 0 Å². The molecule has 0 aliphatic carbocycles. The van der Waals surface area contributed by atoms with Gasteiger partial charge in [0.15, 0.2) is 11.4 Å². The zero-order valence-electron chi connectivity index (χ0n) is 39.6. The Bertz CT molecular complexity index is 2070. The maximum atomic E-state index is 13.2. The van der Waals surface area contributed by atoms with E-state index in [1.807, 2.05) is 78.3 Å². The maximum absolute atomic E-state index is 13.2. The predicted octanol–water partition coefficient (Wildman–Crippen LogP) is 5.13. The van der Waals surface area contributed by atoms with Crippen molar-refractivity contribution in [2.45, 2.75) is 52.7 Å². The Morgan fingerprint density at radius 2 is 0.940 bits per heavy atom. The summed E-state index contributed by atoms with van der Waals surface area (Å²) in [6, 6.07) is 11.0. The molecule has 0 atom stereocenters. The summed E-state index contributed by atoms with van der Waals surface area (Å²) in [6.45, 7) is 18.7. The summed E-state index contributed by atoms with van der Waals surface area (Å²) in [5.74, 6) is 0.861. The number of carbonyl (C=O) groups excluding carboxylic acids is 4. The first-order chi connectivity index (χ1) is 31.2. The number of ether oxygens (including phenoxy) is 4. The maximum Gasteiger partial charge on any atom is 2.00 e. The van der Waals surface area contributed by atoms with Gasteiger partial charge in [0, 0.05) is 89.7 Å². The molecule has 0 unspecified atom stereocenters. The van der Waals surface area contributed by atoms with Crippen molar-refractivity contribution >= 4 is 104 Å². The predicted molar refractivity (Wildman–Crippen MR) is 269 cm³/mol. The van der Waals surface area contributed by atoms with E-state index in [0.717, 1.165) is 37.6 Å². The van der Waals surface area contributed by atoms with Crippen molar-refractivity contribution in [1.82, 2.24) is 19.6 Å². The van der Waals surface area contributed by atoms with Crippen LogP contribution in [-0.2, 0) is 65.4 Å². The van der Waals surface area contributed by atoms with Gasteiger partial charge in [-0.15, -0.1) is 33.7 Å². The van der Waals surface area contributed by atoms with Crippen molar-refractivity contribution in [2.75, 3.05) is 115 Å². The van der Waals surface area contributed by atoms with Crippen molar-refractivity contribution < 1.29 is 59.2 Å². The molecule has 0 spiro atoms. The molecular weight excluding hydrogens is 1120 g/mol. The molecule has 23 heteroatoms. The second-order valence-corrected chi connectivity index (χ2v) is 20.2. The second kappa shape index (κ2) is 25.0. The van der Waals surface area contributed by atoms with Crippen molar-refractivity contribution in [2.24, 2.45) is 20.4 Å². The molecule has 0 saturated carbocycles. The Kier molecular flexibility index (Phi) is 20.7. The van der Waals surface area contributed by atoms with Crippen LogP contribution in [0.2, 0.25) is 0 Å². The number of anilines is 2. The van der Waals surface area contributed by atoms with Gasteiger partial charge in [-0.1, -0.05) is 0 Å². The topological polar surface area (TPSA) is 174 Å². The van der Waals surface area contributed by atoms with Crippen LogP contribution in [-0.4, -0.2) is 180 Å². The number of amides is 4. The fourth-order valence-electron chi connectivity index (χ4n) is 7.18. The molecule has 368 valence electrons. The molecule has 67 heavy (non-hydrogen) atoms. The number of benzene rings is 2. The molecule has 0 radical (unpaired) electrons. The normalized spacial score (nSPS) is 18.4. The van der Waals surface area contributed by atoms with E-state index in [0.29, 0.717) is 83.7 Å². The van der Waals surface area contributed by atoms with E-state index in [1.165, 1.54) is 23.5 Å². The number of hydrogen-bond donors (Lipinski definition) is 0. The average molecular weight is 1180 g/mol. The van der Waals surface area contributed by atoms with Gasteiger partial charge in [-0.2, -0.15) is 10.2 Å². The summed E-state index contributed by atoms with van der Waals surface area (Å²) in [4.78, 5) is 62.2. The monoisotopic (exact) mass is 1180 g/mol. The van der Waals surface area contributed by atoms with Crippen LogP contribution >= 0.6 is 23.5 Å². The van der Waals surface area contributed by atoms with Gasteiger partial charge in [-0.25, -0.2) is 9.59 Å². The molecule has 4 aliphatic heterocycles. The molecule has 18 nitrogen and oxygen atoms in total. The van der Waals surface area contributed by atoms with Gasteiger partial charge < -0.3 is 63.8 Å². The summed E-state index contributed by atoms with van der Waals surface area (Å²) in [7, 11) is 3.16. The minimum atomic E-state index is -0.508. The molecule has 0 N–H and O–H groups in total. The number of rotatable bonds is 10. The smallest absolute Gasteiger partial charge is 0.752 e. The number of hydrogen-bond acceptors (Lipinski definition) is 18. The van der Waals surface area contributed by atoms with E-state index in [9.17, 15) is 19.2 Å². The van der Waals surface area contributed by atoms with Gasteiger partial charge in [-0.3, -0.25) is 19.4 Å². The van der Waals surface area contributed by atoms with Gasteiger partial charge in [0.25, 0.3) is 11.8 Å². The number of piperazine rings is 2. The molecule has 2 aromatic rings. The molecule has 6 rings (SSSR count). The van der Waals surface area contributed by atoms with Crippen LogP contribution in [0.4, 0.5) is 21.0 Å². The molecule has 0 bridgehead atoms. The summed E-state index contributed by atoms with van der Waals surface area (Å²) in [6.07, 6.45) is 3.06. The summed E-state index contributed by atoms with van der Waals surface area (Å²) in [5, 5.41) is 16.3. The molecule has 4 heterocycles. The number of fused-ring (bicyclic) bond motifs is 2. The fourth-order valence-corrected chi connectivity index (χ4v) is 7.51. The summed E-state index contributed by atoms with van der Waals surface area (Å²) >= 11 is 12.8. The largest absolute Gasteiger partial charge is 2.00 e. The van der Waals surface area contributed by atoms with Crippen LogP contribution in [0.5, 0.6) is 11.5 Å². The quantitative estimate of drug-likeness (QED) is 0.133. The van der Waals surface area contributed by atoms with Gasteiger partial charge in [0.05, 0.1) is 25.6 Å². The van der Waals surface area contributed by atoms with Crippen LogP contribution in [0.15, 0.2) is 56.8 Å². The van der Waals surface area contributed by atoms with E-state index in [2.05, 4.69) is 30.2 Å². The van der Waals surface area contributed by atoms with Crippen molar-refractivity contribution in [3.63, 3.8) is 0 Å². The second-order valence-electron chi connectivity index (χ2n) is 17.3. The Morgan fingerprint density at radius 3 is 1.24 bits per heavy atom. The van der Waals surface area contributed by atoms with Crippen LogP contribution < -0.4 is 19.3 Å². The standard InChI is InChI=1S/2C22H31N5O4S2.Pt/c2*1-22(2,3)31-21(29)26-11-8-25(9-12-26)10-13-27-17-7-6-15(30-4)14-16(17)18(19(27)28)23-24-20(32)33-5;/h2*6-7,14H,8-13H2,1-5H3,(H,24,32);/q;;+2/p-2/b2*23-18+;. The summed E-state index contributed by atoms with van der Waals surface area (Å²) < 4.78 is 22.3. The zero-order chi connectivity index (χ0) is 48.3. The first-order valence-corrected chi connectivity index (χ1v) is 24.7. The molecule has 4 aliphatic rings. The first kappa shape index (κ1) is 55.5.